The van der Waals surface area contributed by atoms with Crippen molar-refractivity contribution in [3.05, 3.63) is 24.2 Å². The Kier molecular flexibility index (Phi) is 7.53. The summed E-state index contributed by atoms with van der Waals surface area (Å²) in [7, 11) is 4.19. The highest BCUT2D eigenvalue weighted by molar-refractivity contribution is 6.02. The molecule has 0 aromatic carbocycles. The van der Waals surface area contributed by atoms with E-state index in [0.29, 0.717) is 19.1 Å². The number of nitrogens with one attached hydrogen (secondary N) is 2. The smallest absolute Gasteiger partial charge is 0.294 e. The predicted molar refractivity (Wildman–Crippen MR) is 81.6 cm³/mol. The molecule has 0 aliphatic carbocycles. The second kappa shape index (κ2) is 9.18. The van der Waals surface area contributed by atoms with Gasteiger partial charge in [-0.15, -0.1) is 0 Å². The first-order chi connectivity index (χ1) is 9.99. The van der Waals surface area contributed by atoms with Crippen LogP contribution in [-0.2, 0) is 4.74 Å². The maximum atomic E-state index is 11.9. The van der Waals surface area contributed by atoms with Crippen molar-refractivity contribution < 1.29 is 18.8 Å². The summed E-state index contributed by atoms with van der Waals surface area (Å²) in [6.07, 6.45) is 2.40. The number of rotatable bonds is 7. The molecule has 0 radical (unpaired) electrons. The van der Waals surface area contributed by atoms with Gasteiger partial charge in [0.15, 0.2) is 5.76 Å². The molecular weight excluding hydrogens is 270 g/mol. The van der Waals surface area contributed by atoms with Crippen LogP contribution in [0.1, 0.15) is 30.8 Å². The van der Waals surface area contributed by atoms with Gasteiger partial charge in [-0.2, -0.15) is 0 Å². The number of ether oxygens (including phenoxy) is 1. The molecule has 0 fully saturated rings. The van der Waals surface area contributed by atoms with Crippen molar-refractivity contribution >= 4 is 11.9 Å². The SMILES string of the molecule is CC(C)COC(=NCCC[NH+](C)C)NC(=O)c1ccco1. The first-order valence-electron chi connectivity index (χ1n) is 7.30. The van der Waals surface area contributed by atoms with Crippen molar-refractivity contribution in [1.82, 2.24) is 5.32 Å². The molecular formula is C15H26N3O3+. The molecule has 0 saturated heterocycles. The summed E-state index contributed by atoms with van der Waals surface area (Å²) >= 11 is 0. The van der Waals surface area contributed by atoms with Crippen molar-refractivity contribution in [2.75, 3.05) is 33.8 Å². The fourth-order valence-electron chi connectivity index (χ4n) is 1.55. The van der Waals surface area contributed by atoms with E-state index in [2.05, 4.69) is 24.4 Å². The number of carbonyl (C=O) groups excluding carboxylic acids is 1. The molecule has 0 aliphatic rings. The maximum Gasteiger partial charge on any atom is 0.294 e. The Morgan fingerprint density at radius 3 is 2.81 bits per heavy atom. The quantitative estimate of drug-likeness (QED) is 0.439. The van der Waals surface area contributed by atoms with Crippen LogP contribution in [0.5, 0.6) is 0 Å². The molecule has 1 amide bonds. The van der Waals surface area contributed by atoms with Crippen LogP contribution < -0.4 is 10.2 Å². The highest BCUT2D eigenvalue weighted by Crippen LogP contribution is 2.00. The Morgan fingerprint density at radius 1 is 1.48 bits per heavy atom. The normalized spacial score (nSPS) is 12.0. The Morgan fingerprint density at radius 2 is 2.24 bits per heavy atom. The summed E-state index contributed by atoms with van der Waals surface area (Å²) in [5.41, 5.74) is 0. The minimum Gasteiger partial charge on any atom is -0.465 e. The standard InChI is InChI=1S/C15H25N3O3/c1-12(2)11-21-15(16-8-6-9-18(3)4)17-14(19)13-7-5-10-20-13/h5,7,10,12H,6,8-9,11H2,1-4H3,(H,16,17,19)/p+1. The number of furan rings is 1. The molecule has 0 atom stereocenters. The second-order valence-electron chi connectivity index (χ2n) is 5.63. The number of aliphatic imine (C=N–C) groups is 1. The van der Waals surface area contributed by atoms with Crippen molar-refractivity contribution in [3.8, 4) is 0 Å². The molecule has 0 bridgehead atoms. The van der Waals surface area contributed by atoms with Gasteiger partial charge in [-0.3, -0.25) is 10.1 Å². The van der Waals surface area contributed by atoms with Crippen LogP contribution in [0.3, 0.4) is 0 Å². The first-order valence-corrected chi connectivity index (χ1v) is 7.30. The topological polar surface area (TPSA) is 68.3 Å². The van der Waals surface area contributed by atoms with Crippen molar-refractivity contribution in [2.45, 2.75) is 20.3 Å². The van der Waals surface area contributed by atoms with Crippen LogP contribution in [0.25, 0.3) is 0 Å². The van der Waals surface area contributed by atoms with Crippen molar-refractivity contribution in [3.63, 3.8) is 0 Å². The van der Waals surface area contributed by atoms with E-state index in [1.165, 1.54) is 11.2 Å². The zero-order chi connectivity index (χ0) is 15.7. The van der Waals surface area contributed by atoms with E-state index in [9.17, 15) is 4.79 Å². The maximum absolute atomic E-state index is 11.9. The Bertz CT molecular complexity index is 439. The van der Waals surface area contributed by atoms with Gasteiger partial charge in [-0.25, -0.2) is 4.99 Å². The van der Waals surface area contributed by atoms with Crippen LogP contribution in [0.4, 0.5) is 0 Å². The van der Waals surface area contributed by atoms with Gasteiger partial charge in [0, 0.05) is 13.0 Å². The largest absolute Gasteiger partial charge is 0.465 e. The van der Waals surface area contributed by atoms with Gasteiger partial charge in [0.2, 0.25) is 0 Å². The summed E-state index contributed by atoms with van der Waals surface area (Å²) in [5.74, 6) is 0.260. The molecule has 0 saturated carbocycles. The third kappa shape index (κ3) is 7.51. The molecule has 1 rings (SSSR count). The minimum absolute atomic E-state index is 0.244. The molecule has 118 valence electrons. The molecule has 0 aliphatic heterocycles. The lowest BCUT2D eigenvalue weighted by Crippen LogP contribution is -3.05. The summed E-state index contributed by atoms with van der Waals surface area (Å²) in [6, 6.07) is 3.53. The summed E-state index contributed by atoms with van der Waals surface area (Å²) in [6.45, 7) is 6.24. The van der Waals surface area contributed by atoms with Crippen LogP contribution in [0.15, 0.2) is 27.8 Å². The van der Waals surface area contributed by atoms with Crippen molar-refractivity contribution in [2.24, 2.45) is 10.9 Å². The number of amidine groups is 1. The monoisotopic (exact) mass is 296 g/mol. The molecule has 0 spiro atoms. The summed E-state index contributed by atoms with van der Waals surface area (Å²) in [5, 5.41) is 2.65. The molecule has 6 nitrogen and oxygen atoms in total. The van der Waals surface area contributed by atoms with Gasteiger partial charge in [-0.1, -0.05) is 13.8 Å². The lowest BCUT2D eigenvalue weighted by Gasteiger charge is -2.12. The highest BCUT2D eigenvalue weighted by atomic mass is 16.5. The third-order valence-corrected chi connectivity index (χ3v) is 2.61. The fraction of sp³-hybridized carbons (Fsp3) is 0.600. The number of hydrogen-bond donors (Lipinski definition) is 2. The van der Waals surface area contributed by atoms with E-state index < -0.39 is 0 Å². The van der Waals surface area contributed by atoms with Gasteiger partial charge in [0.05, 0.1) is 33.5 Å². The Balaban J connectivity index is 2.54. The predicted octanol–water partition coefficient (Wildman–Crippen LogP) is 0.573. The fourth-order valence-corrected chi connectivity index (χ4v) is 1.55. The Labute approximate surface area is 126 Å². The lowest BCUT2D eigenvalue weighted by molar-refractivity contribution is -0.858. The lowest BCUT2D eigenvalue weighted by atomic mass is 10.2. The number of hydrogen-bond acceptors (Lipinski definition) is 4. The zero-order valence-electron chi connectivity index (χ0n) is 13.3. The van der Waals surface area contributed by atoms with Gasteiger partial charge in [0.25, 0.3) is 11.9 Å². The van der Waals surface area contributed by atoms with Gasteiger partial charge < -0.3 is 14.1 Å². The van der Waals surface area contributed by atoms with E-state index in [1.54, 1.807) is 12.1 Å². The highest BCUT2D eigenvalue weighted by Gasteiger charge is 2.12. The van der Waals surface area contributed by atoms with Gasteiger partial charge >= 0.3 is 0 Å². The minimum atomic E-state index is -0.347. The molecule has 0 unspecified atom stereocenters. The van der Waals surface area contributed by atoms with E-state index in [4.69, 9.17) is 9.15 Å². The van der Waals surface area contributed by atoms with E-state index in [1.807, 2.05) is 13.8 Å². The van der Waals surface area contributed by atoms with E-state index >= 15 is 0 Å². The first kappa shape index (κ1) is 17.2. The van der Waals surface area contributed by atoms with Crippen LogP contribution in [0.2, 0.25) is 0 Å². The van der Waals surface area contributed by atoms with Gasteiger partial charge in [0.1, 0.15) is 0 Å². The second-order valence-corrected chi connectivity index (χ2v) is 5.63. The summed E-state index contributed by atoms with van der Waals surface area (Å²) < 4.78 is 10.6. The van der Waals surface area contributed by atoms with Crippen LogP contribution in [0, 0.1) is 5.92 Å². The average Bonchev–Trinajstić information content (AvgIpc) is 2.94. The molecule has 1 aromatic heterocycles. The third-order valence-electron chi connectivity index (χ3n) is 2.61. The molecule has 1 aromatic rings. The molecule has 2 N–H and O–H groups in total. The van der Waals surface area contributed by atoms with E-state index in [0.717, 1.165) is 13.0 Å². The zero-order valence-corrected chi connectivity index (χ0v) is 13.3. The number of amides is 1. The van der Waals surface area contributed by atoms with Crippen molar-refractivity contribution in [1.29, 1.82) is 0 Å². The van der Waals surface area contributed by atoms with Crippen LogP contribution >= 0.6 is 0 Å². The number of quaternary nitrogens is 1. The molecule has 1 heterocycles. The molecule has 21 heavy (non-hydrogen) atoms. The average molecular weight is 296 g/mol. The number of carbonyl (C=O) groups is 1. The van der Waals surface area contributed by atoms with E-state index in [-0.39, 0.29) is 17.7 Å². The Hall–Kier alpha value is -1.82. The van der Waals surface area contributed by atoms with Crippen LogP contribution in [-0.4, -0.2) is 45.7 Å². The van der Waals surface area contributed by atoms with Gasteiger partial charge in [-0.05, 0) is 18.1 Å². The molecule has 6 heteroatoms. The summed E-state index contributed by atoms with van der Waals surface area (Å²) in [4.78, 5) is 17.6. The number of nitrogens with zero attached hydrogens (tertiary/aromatic N) is 1.